The molecule has 3 rings (SSSR count). The van der Waals surface area contributed by atoms with Gasteiger partial charge in [0.1, 0.15) is 12.4 Å². The van der Waals surface area contributed by atoms with Crippen LogP contribution >= 0.6 is 11.3 Å². The number of thiazole rings is 1. The average Bonchev–Trinajstić information content (AvgIpc) is 3.23. The SMILES string of the molecule is CC(C)(O)C1CCCN1C(=O)c1ccc(OCc2cscn2)cc1. The van der Waals surface area contributed by atoms with Gasteiger partial charge in [0.05, 0.1) is 22.8 Å². The summed E-state index contributed by atoms with van der Waals surface area (Å²) in [7, 11) is 0. The number of benzene rings is 1. The number of nitrogens with zero attached hydrogens (tertiary/aromatic N) is 2. The molecule has 2 heterocycles. The summed E-state index contributed by atoms with van der Waals surface area (Å²) in [6.07, 6.45) is 1.76. The maximum absolute atomic E-state index is 12.7. The third-order valence-corrected chi connectivity index (χ3v) is 4.94. The summed E-state index contributed by atoms with van der Waals surface area (Å²) < 4.78 is 5.67. The highest BCUT2D eigenvalue weighted by Crippen LogP contribution is 2.28. The van der Waals surface area contributed by atoms with Crippen LogP contribution in [0.1, 0.15) is 42.7 Å². The number of aromatic nitrogens is 1. The summed E-state index contributed by atoms with van der Waals surface area (Å²) in [5.74, 6) is 0.672. The third-order valence-electron chi connectivity index (χ3n) is 4.30. The zero-order valence-electron chi connectivity index (χ0n) is 13.9. The van der Waals surface area contributed by atoms with Gasteiger partial charge < -0.3 is 14.7 Å². The fourth-order valence-corrected chi connectivity index (χ4v) is 3.61. The molecule has 1 saturated heterocycles. The van der Waals surface area contributed by atoms with Crippen LogP contribution in [-0.2, 0) is 6.61 Å². The van der Waals surface area contributed by atoms with E-state index in [1.165, 1.54) is 11.3 Å². The molecule has 5 nitrogen and oxygen atoms in total. The van der Waals surface area contributed by atoms with Crippen molar-refractivity contribution in [1.29, 1.82) is 0 Å². The second kappa shape index (κ2) is 6.91. The van der Waals surface area contributed by atoms with Crippen LogP contribution in [0, 0.1) is 0 Å². The number of likely N-dealkylation sites (tertiary alicyclic amines) is 1. The molecule has 1 fully saturated rings. The first-order valence-corrected chi connectivity index (χ1v) is 9.03. The van der Waals surface area contributed by atoms with E-state index in [1.54, 1.807) is 48.5 Å². The van der Waals surface area contributed by atoms with E-state index in [2.05, 4.69) is 4.98 Å². The van der Waals surface area contributed by atoms with Gasteiger partial charge in [-0.1, -0.05) is 0 Å². The lowest BCUT2D eigenvalue weighted by Crippen LogP contribution is -2.48. The lowest BCUT2D eigenvalue weighted by atomic mass is 9.96. The van der Waals surface area contributed by atoms with E-state index < -0.39 is 5.60 Å². The highest BCUT2D eigenvalue weighted by molar-refractivity contribution is 7.07. The molecular weight excluding hydrogens is 324 g/mol. The van der Waals surface area contributed by atoms with Crippen molar-refractivity contribution < 1.29 is 14.6 Å². The van der Waals surface area contributed by atoms with Crippen LogP contribution in [0.25, 0.3) is 0 Å². The Morgan fingerprint density at radius 2 is 2.17 bits per heavy atom. The Labute approximate surface area is 145 Å². The van der Waals surface area contributed by atoms with Gasteiger partial charge >= 0.3 is 0 Å². The molecule has 1 atom stereocenters. The number of ether oxygens (including phenoxy) is 1. The molecule has 1 aliphatic rings. The molecule has 1 unspecified atom stereocenters. The van der Waals surface area contributed by atoms with Gasteiger partial charge in [0.15, 0.2) is 0 Å². The number of hydrogen-bond acceptors (Lipinski definition) is 5. The van der Waals surface area contributed by atoms with Crippen molar-refractivity contribution in [3.05, 3.63) is 46.4 Å². The smallest absolute Gasteiger partial charge is 0.254 e. The monoisotopic (exact) mass is 346 g/mol. The molecule has 1 aromatic carbocycles. The average molecular weight is 346 g/mol. The van der Waals surface area contributed by atoms with Gasteiger partial charge in [-0.3, -0.25) is 4.79 Å². The van der Waals surface area contributed by atoms with Crippen molar-refractivity contribution >= 4 is 17.2 Å². The Morgan fingerprint density at radius 1 is 1.42 bits per heavy atom. The molecule has 128 valence electrons. The molecule has 0 radical (unpaired) electrons. The fraction of sp³-hybridized carbons (Fsp3) is 0.444. The summed E-state index contributed by atoms with van der Waals surface area (Å²) in [4.78, 5) is 18.7. The Hall–Kier alpha value is -1.92. The van der Waals surface area contributed by atoms with E-state index >= 15 is 0 Å². The molecule has 0 spiro atoms. The Morgan fingerprint density at radius 3 is 2.79 bits per heavy atom. The topological polar surface area (TPSA) is 62.7 Å². The van der Waals surface area contributed by atoms with Gasteiger partial charge in [-0.15, -0.1) is 11.3 Å². The molecule has 6 heteroatoms. The highest BCUT2D eigenvalue weighted by Gasteiger charge is 2.38. The summed E-state index contributed by atoms with van der Waals surface area (Å²) in [5, 5.41) is 12.2. The van der Waals surface area contributed by atoms with Gasteiger partial charge in [0.2, 0.25) is 0 Å². The van der Waals surface area contributed by atoms with Gasteiger partial charge in [0, 0.05) is 17.5 Å². The molecule has 1 aromatic heterocycles. The second-order valence-electron chi connectivity index (χ2n) is 6.60. The summed E-state index contributed by atoms with van der Waals surface area (Å²) >= 11 is 1.54. The van der Waals surface area contributed by atoms with Gasteiger partial charge in [-0.25, -0.2) is 4.98 Å². The standard InChI is InChI=1S/C18H22N2O3S/c1-18(2,22)16-4-3-9-20(16)17(21)13-5-7-15(8-6-13)23-10-14-11-24-12-19-14/h5-8,11-12,16,22H,3-4,9-10H2,1-2H3. The molecule has 0 saturated carbocycles. The minimum absolute atomic E-state index is 0.0364. The van der Waals surface area contributed by atoms with Crippen LogP contribution in [0.5, 0.6) is 5.75 Å². The maximum atomic E-state index is 12.7. The second-order valence-corrected chi connectivity index (χ2v) is 7.32. The number of carbonyl (C=O) groups excluding carboxylic acids is 1. The number of aliphatic hydroxyl groups is 1. The van der Waals surface area contributed by atoms with E-state index in [0.29, 0.717) is 24.5 Å². The first kappa shape index (κ1) is 16.9. The van der Waals surface area contributed by atoms with Crippen LogP contribution < -0.4 is 4.74 Å². The Bertz CT molecular complexity index is 677. The molecular formula is C18H22N2O3S. The zero-order valence-corrected chi connectivity index (χ0v) is 14.8. The number of amides is 1. The van der Waals surface area contributed by atoms with E-state index in [-0.39, 0.29) is 11.9 Å². The predicted octanol–water partition coefficient (Wildman–Crippen LogP) is 3.10. The van der Waals surface area contributed by atoms with Crippen LogP contribution in [0.3, 0.4) is 0 Å². The van der Waals surface area contributed by atoms with Gasteiger partial charge in [-0.2, -0.15) is 0 Å². The van der Waals surface area contributed by atoms with E-state index in [1.807, 2.05) is 5.38 Å². The summed E-state index contributed by atoms with van der Waals surface area (Å²) in [6.45, 7) is 4.64. The first-order chi connectivity index (χ1) is 11.4. The molecule has 1 amide bonds. The van der Waals surface area contributed by atoms with Crippen molar-refractivity contribution in [3.8, 4) is 5.75 Å². The van der Waals surface area contributed by atoms with Crippen LogP contribution in [0.15, 0.2) is 35.2 Å². The zero-order chi connectivity index (χ0) is 17.2. The molecule has 24 heavy (non-hydrogen) atoms. The summed E-state index contributed by atoms with van der Waals surface area (Å²) in [6, 6.07) is 7.02. The Balaban J connectivity index is 1.65. The highest BCUT2D eigenvalue weighted by atomic mass is 32.1. The van der Waals surface area contributed by atoms with Crippen molar-refractivity contribution in [2.75, 3.05) is 6.54 Å². The molecule has 0 bridgehead atoms. The normalized spacial score (nSPS) is 18.0. The van der Waals surface area contributed by atoms with Crippen molar-refractivity contribution in [1.82, 2.24) is 9.88 Å². The third kappa shape index (κ3) is 3.76. The summed E-state index contributed by atoms with van der Waals surface area (Å²) in [5.41, 5.74) is 2.40. The van der Waals surface area contributed by atoms with Gasteiger partial charge in [0.25, 0.3) is 5.91 Å². The number of carbonyl (C=O) groups is 1. The minimum atomic E-state index is -0.886. The lowest BCUT2D eigenvalue weighted by Gasteiger charge is -2.33. The van der Waals surface area contributed by atoms with Crippen molar-refractivity contribution in [2.45, 2.75) is 44.9 Å². The lowest BCUT2D eigenvalue weighted by molar-refractivity contribution is 0.000333. The van der Waals surface area contributed by atoms with E-state index in [0.717, 1.165) is 18.5 Å². The maximum Gasteiger partial charge on any atom is 0.254 e. The minimum Gasteiger partial charge on any atom is -0.487 e. The van der Waals surface area contributed by atoms with E-state index in [4.69, 9.17) is 4.74 Å². The van der Waals surface area contributed by atoms with Crippen molar-refractivity contribution in [3.63, 3.8) is 0 Å². The molecule has 1 aliphatic heterocycles. The van der Waals surface area contributed by atoms with Crippen LogP contribution in [-0.4, -0.2) is 39.1 Å². The van der Waals surface area contributed by atoms with Crippen LogP contribution in [0.4, 0.5) is 0 Å². The largest absolute Gasteiger partial charge is 0.487 e. The predicted molar refractivity (Wildman–Crippen MR) is 93.2 cm³/mol. The first-order valence-electron chi connectivity index (χ1n) is 8.08. The number of rotatable bonds is 5. The molecule has 2 aromatic rings. The Kier molecular flexibility index (Phi) is 4.87. The van der Waals surface area contributed by atoms with E-state index in [9.17, 15) is 9.90 Å². The van der Waals surface area contributed by atoms with Crippen molar-refractivity contribution in [2.24, 2.45) is 0 Å². The van der Waals surface area contributed by atoms with Crippen LogP contribution in [0.2, 0.25) is 0 Å². The van der Waals surface area contributed by atoms with Gasteiger partial charge in [-0.05, 0) is 51.0 Å². The molecule has 1 N–H and O–H groups in total. The number of hydrogen-bond donors (Lipinski definition) is 1. The quantitative estimate of drug-likeness (QED) is 0.904. The fourth-order valence-electron chi connectivity index (χ4n) is 3.07. The molecule has 0 aliphatic carbocycles.